The Balaban J connectivity index is 1.46. The minimum atomic E-state index is -3.70. The molecule has 8 heteroatoms. The highest BCUT2D eigenvalue weighted by molar-refractivity contribution is 7.89. The summed E-state index contributed by atoms with van der Waals surface area (Å²) in [5.41, 5.74) is 2.05. The molecule has 3 aliphatic rings. The van der Waals surface area contributed by atoms with Crippen molar-refractivity contribution in [3.05, 3.63) is 41.5 Å². The van der Waals surface area contributed by atoms with Crippen molar-refractivity contribution in [3.63, 3.8) is 0 Å². The van der Waals surface area contributed by atoms with Gasteiger partial charge in [0.1, 0.15) is 13.2 Å². The van der Waals surface area contributed by atoms with Crippen LogP contribution in [0.15, 0.2) is 35.2 Å². The van der Waals surface area contributed by atoms with Crippen LogP contribution < -0.4 is 23.7 Å². The van der Waals surface area contributed by atoms with Gasteiger partial charge in [-0.05, 0) is 54.7 Å². The smallest absolute Gasteiger partial charge is 0.241 e. The minimum absolute atomic E-state index is 0.107. The number of benzene rings is 2. The van der Waals surface area contributed by atoms with Gasteiger partial charge >= 0.3 is 0 Å². The number of fused-ring (bicyclic) bond motifs is 3. The summed E-state index contributed by atoms with van der Waals surface area (Å²) in [6, 6.07) is 8.23. The molecular weight excluding hydrogens is 370 g/mol. The summed E-state index contributed by atoms with van der Waals surface area (Å²) in [5, 5.41) is 0. The van der Waals surface area contributed by atoms with Gasteiger partial charge < -0.3 is 18.9 Å². The molecule has 2 aliphatic heterocycles. The largest absolute Gasteiger partial charge is 0.486 e. The van der Waals surface area contributed by atoms with E-state index in [9.17, 15) is 8.42 Å². The summed E-state index contributed by atoms with van der Waals surface area (Å²) in [7, 11) is -3.70. The summed E-state index contributed by atoms with van der Waals surface area (Å²) in [4.78, 5) is 0.163. The zero-order chi connectivity index (χ0) is 18.4. The molecule has 2 heterocycles. The zero-order valence-electron chi connectivity index (χ0n) is 14.6. The molecule has 0 aromatic heterocycles. The molecule has 2 aromatic carbocycles. The molecule has 1 aliphatic carbocycles. The van der Waals surface area contributed by atoms with Crippen molar-refractivity contribution in [2.75, 3.05) is 20.0 Å². The highest BCUT2D eigenvalue weighted by atomic mass is 32.2. The first-order valence-electron chi connectivity index (χ1n) is 8.94. The van der Waals surface area contributed by atoms with Gasteiger partial charge in [0.05, 0.1) is 4.90 Å². The standard InChI is InChI=1S/C19H19NO6S/c21-27(22,13-4-5-16-18(9-13)26-11-25-16)20-15-3-1-2-12-8-17-19(10-14(12)15)24-7-6-23-17/h4-5,8-10,15,20H,1-3,6-7,11H2. The first kappa shape index (κ1) is 16.7. The monoisotopic (exact) mass is 389 g/mol. The summed E-state index contributed by atoms with van der Waals surface area (Å²) >= 11 is 0. The molecule has 0 spiro atoms. The van der Waals surface area contributed by atoms with Crippen molar-refractivity contribution in [3.8, 4) is 23.0 Å². The molecule has 2 aromatic rings. The van der Waals surface area contributed by atoms with Crippen LogP contribution in [0.25, 0.3) is 0 Å². The average molecular weight is 389 g/mol. The van der Waals surface area contributed by atoms with Gasteiger partial charge in [-0.25, -0.2) is 13.1 Å². The Kier molecular flexibility index (Phi) is 3.91. The summed E-state index contributed by atoms with van der Waals surface area (Å²) in [6.07, 6.45) is 2.53. The molecule has 0 saturated carbocycles. The summed E-state index contributed by atoms with van der Waals surface area (Å²) in [6.45, 7) is 1.14. The van der Waals surface area contributed by atoms with Crippen LogP contribution in [0.5, 0.6) is 23.0 Å². The molecule has 0 bridgehead atoms. The van der Waals surface area contributed by atoms with Gasteiger partial charge in [-0.15, -0.1) is 0 Å². The predicted octanol–water partition coefficient (Wildman–Crippen LogP) is 2.54. The van der Waals surface area contributed by atoms with E-state index in [0.717, 1.165) is 36.1 Å². The van der Waals surface area contributed by atoms with Crippen molar-refractivity contribution in [1.82, 2.24) is 4.72 Å². The predicted molar refractivity (Wildman–Crippen MR) is 96.0 cm³/mol. The lowest BCUT2D eigenvalue weighted by atomic mass is 9.88. The fraction of sp³-hybridized carbons (Fsp3) is 0.368. The first-order chi connectivity index (χ1) is 13.1. The molecule has 0 amide bonds. The van der Waals surface area contributed by atoms with E-state index in [0.29, 0.717) is 30.5 Å². The van der Waals surface area contributed by atoms with Gasteiger partial charge in [-0.2, -0.15) is 0 Å². The molecule has 7 nitrogen and oxygen atoms in total. The van der Waals surface area contributed by atoms with Crippen molar-refractivity contribution in [2.24, 2.45) is 0 Å². The van der Waals surface area contributed by atoms with Crippen LogP contribution in [0.2, 0.25) is 0 Å². The lowest BCUT2D eigenvalue weighted by Crippen LogP contribution is -2.31. The Bertz CT molecular complexity index is 1000. The normalized spacial score (nSPS) is 20.2. The second kappa shape index (κ2) is 6.31. The number of sulfonamides is 1. The van der Waals surface area contributed by atoms with Gasteiger partial charge in [0.15, 0.2) is 23.0 Å². The molecule has 1 unspecified atom stereocenters. The van der Waals surface area contributed by atoms with Crippen LogP contribution in [0, 0.1) is 0 Å². The molecule has 1 N–H and O–H groups in total. The minimum Gasteiger partial charge on any atom is -0.486 e. The van der Waals surface area contributed by atoms with Crippen molar-refractivity contribution >= 4 is 10.0 Å². The maximum atomic E-state index is 12.9. The lowest BCUT2D eigenvalue weighted by molar-refractivity contribution is 0.171. The Morgan fingerprint density at radius 2 is 1.63 bits per heavy atom. The van der Waals surface area contributed by atoms with E-state index in [-0.39, 0.29) is 17.7 Å². The third-order valence-corrected chi connectivity index (χ3v) is 6.54. The number of rotatable bonds is 3. The highest BCUT2D eigenvalue weighted by Gasteiger charge is 2.29. The highest BCUT2D eigenvalue weighted by Crippen LogP contribution is 2.40. The second-order valence-corrected chi connectivity index (χ2v) is 8.49. The molecule has 27 heavy (non-hydrogen) atoms. The third kappa shape index (κ3) is 2.98. The van der Waals surface area contributed by atoms with Crippen molar-refractivity contribution < 1.29 is 27.4 Å². The number of hydrogen-bond donors (Lipinski definition) is 1. The molecule has 1 atom stereocenters. The maximum Gasteiger partial charge on any atom is 0.241 e. The van der Waals surface area contributed by atoms with E-state index < -0.39 is 10.0 Å². The number of hydrogen-bond acceptors (Lipinski definition) is 6. The zero-order valence-corrected chi connectivity index (χ0v) is 15.4. The fourth-order valence-corrected chi connectivity index (χ4v) is 5.03. The Labute approximate surface area is 157 Å². The van der Waals surface area contributed by atoms with Gasteiger partial charge in [-0.1, -0.05) is 0 Å². The maximum absolute atomic E-state index is 12.9. The van der Waals surface area contributed by atoms with Gasteiger partial charge in [0.25, 0.3) is 0 Å². The van der Waals surface area contributed by atoms with Gasteiger partial charge in [0, 0.05) is 12.1 Å². The second-order valence-electron chi connectivity index (χ2n) is 6.78. The average Bonchev–Trinajstić information content (AvgIpc) is 3.14. The molecule has 5 rings (SSSR count). The third-order valence-electron chi connectivity index (χ3n) is 5.07. The van der Waals surface area contributed by atoms with Crippen LogP contribution in [0.1, 0.15) is 30.0 Å². The topological polar surface area (TPSA) is 83.1 Å². The van der Waals surface area contributed by atoms with E-state index in [1.165, 1.54) is 12.1 Å². The van der Waals surface area contributed by atoms with E-state index in [2.05, 4.69) is 4.72 Å². The number of nitrogens with one attached hydrogen (secondary N) is 1. The van der Waals surface area contributed by atoms with E-state index in [1.54, 1.807) is 6.07 Å². The van der Waals surface area contributed by atoms with E-state index in [1.807, 2.05) is 12.1 Å². The lowest BCUT2D eigenvalue weighted by Gasteiger charge is -2.29. The summed E-state index contributed by atoms with van der Waals surface area (Å²) < 4.78 is 50.6. The molecule has 0 fully saturated rings. The van der Waals surface area contributed by atoms with E-state index in [4.69, 9.17) is 18.9 Å². The molecule has 142 valence electrons. The Morgan fingerprint density at radius 3 is 2.48 bits per heavy atom. The molecular formula is C19H19NO6S. The Morgan fingerprint density at radius 1 is 0.889 bits per heavy atom. The Hall–Kier alpha value is -2.45. The summed E-state index contributed by atoms with van der Waals surface area (Å²) in [5.74, 6) is 2.41. The number of aryl methyl sites for hydroxylation is 1. The SMILES string of the molecule is O=S(=O)(NC1CCCc2cc3c(cc21)OCCO3)c1ccc2c(c1)OCO2. The van der Waals surface area contributed by atoms with Crippen LogP contribution in [0.3, 0.4) is 0 Å². The molecule has 0 radical (unpaired) electrons. The van der Waals surface area contributed by atoms with Crippen LogP contribution in [0.4, 0.5) is 0 Å². The fourth-order valence-electron chi connectivity index (χ4n) is 3.76. The molecule has 0 saturated heterocycles. The quantitative estimate of drug-likeness (QED) is 0.869. The van der Waals surface area contributed by atoms with Crippen molar-refractivity contribution in [1.29, 1.82) is 0 Å². The van der Waals surface area contributed by atoms with Crippen LogP contribution >= 0.6 is 0 Å². The van der Waals surface area contributed by atoms with E-state index >= 15 is 0 Å². The first-order valence-corrected chi connectivity index (χ1v) is 10.4. The van der Waals surface area contributed by atoms with Crippen LogP contribution in [-0.4, -0.2) is 28.4 Å². The van der Waals surface area contributed by atoms with Gasteiger partial charge in [0.2, 0.25) is 16.8 Å². The number of ether oxygens (including phenoxy) is 4. The van der Waals surface area contributed by atoms with Crippen molar-refractivity contribution in [2.45, 2.75) is 30.2 Å². The van der Waals surface area contributed by atoms with Crippen LogP contribution in [-0.2, 0) is 16.4 Å². The van der Waals surface area contributed by atoms with Gasteiger partial charge in [-0.3, -0.25) is 0 Å².